The molecule has 2 fully saturated rings. The molecule has 1 aliphatic carbocycles. The summed E-state index contributed by atoms with van der Waals surface area (Å²) in [5, 5.41) is 7.58. The highest BCUT2D eigenvalue weighted by Gasteiger charge is 2.44. The van der Waals surface area contributed by atoms with Crippen LogP contribution in [0.25, 0.3) is 0 Å². The Morgan fingerprint density at radius 3 is 2.29 bits per heavy atom. The van der Waals surface area contributed by atoms with E-state index in [0.29, 0.717) is 44.6 Å². The molecule has 0 aromatic heterocycles. The Kier molecular flexibility index (Phi) is 12.5. The van der Waals surface area contributed by atoms with Crippen LogP contribution in [-0.4, -0.2) is 85.8 Å². The van der Waals surface area contributed by atoms with Gasteiger partial charge in [0.25, 0.3) is 5.91 Å². The van der Waals surface area contributed by atoms with Crippen molar-refractivity contribution in [2.24, 2.45) is 5.92 Å². The van der Waals surface area contributed by atoms with Crippen molar-refractivity contribution in [1.29, 1.82) is 0 Å². The van der Waals surface area contributed by atoms with Crippen LogP contribution in [0, 0.1) is 11.7 Å². The van der Waals surface area contributed by atoms with Gasteiger partial charge in [0.2, 0.25) is 17.7 Å². The van der Waals surface area contributed by atoms with E-state index in [1.807, 2.05) is 7.05 Å². The molecule has 0 spiro atoms. The molecular weight excluding hydrogens is 627 g/mol. The Morgan fingerprint density at radius 1 is 0.979 bits per heavy atom. The molecule has 13 heteroatoms. The number of hydrogen-bond donors (Lipinski definition) is 3. The Hall–Kier alpha value is -4.13. The van der Waals surface area contributed by atoms with Crippen LogP contribution in [0.2, 0.25) is 0 Å². The molecule has 262 valence electrons. The number of hydrogen-bond acceptors (Lipinski definition) is 6. The van der Waals surface area contributed by atoms with E-state index in [2.05, 4.69) is 20.9 Å². The van der Waals surface area contributed by atoms with Crippen LogP contribution >= 0.6 is 0 Å². The summed E-state index contributed by atoms with van der Waals surface area (Å²) >= 11 is 0. The molecule has 2 aromatic carbocycles. The van der Waals surface area contributed by atoms with Gasteiger partial charge >= 0.3 is 5.92 Å². The second-order valence-corrected chi connectivity index (χ2v) is 12.7. The normalized spacial score (nSPS) is 17.9. The van der Waals surface area contributed by atoms with E-state index in [1.165, 1.54) is 31.4 Å². The Bertz CT molecular complexity index is 1460. The first-order valence-electron chi connectivity index (χ1n) is 16.6. The minimum absolute atomic E-state index is 0.148. The lowest BCUT2D eigenvalue weighted by molar-refractivity contribution is -0.149. The highest BCUT2D eigenvalue weighted by atomic mass is 19.3. The van der Waals surface area contributed by atoms with Crippen molar-refractivity contribution in [2.75, 3.05) is 45.7 Å². The third-order valence-electron chi connectivity index (χ3n) is 9.31. The summed E-state index contributed by atoms with van der Waals surface area (Å²) in [4.78, 5) is 56.4. The molecule has 3 N–H and O–H groups in total. The van der Waals surface area contributed by atoms with Gasteiger partial charge in [-0.25, -0.2) is 4.39 Å². The molecule has 4 rings (SSSR count). The monoisotopic (exact) mass is 673 g/mol. The number of rotatable bonds is 12. The third-order valence-corrected chi connectivity index (χ3v) is 9.31. The summed E-state index contributed by atoms with van der Waals surface area (Å²) in [6, 6.07) is 6.95. The first kappa shape index (κ1) is 36.7. The van der Waals surface area contributed by atoms with Crippen molar-refractivity contribution in [2.45, 2.75) is 76.3 Å². The number of methoxy groups -OCH3 is 1. The molecule has 0 radical (unpaired) electrons. The molecule has 0 unspecified atom stereocenters. The summed E-state index contributed by atoms with van der Waals surface area (Å²) in [5.74, 6) is -8.96. The number of carbonyl (C=O) groups is 4. The van der Waals surface area contributed by atoms with Gasteiger partial charge in [0, 0.05) is 44.2 Å². The van der Waals surface area contributed by atoms with Gasteiger partial charge in [-0.3, -0.25) is 19.2 Å². The van der Waals surface area contributed by atoms with E-state index in [4.69, 9.17) is 4.74 Å². The van der Waals surface area contributed by atoms with Crippen LogP contribution in [-0.2, 0) is 25.1 Å². The fraction of sp³-hybridized carbons (Fsp3) is 0.543. The lowest BCUT2D eigenvalue weighted by Gasteiger charge is -2.36. The number of ether oxygens (including phenoxy) is 1. The van der Waals surface area contributed by atoms with Crippen LogP contribution in [0.5, 0.6) is 5.75 Å². The zero-order valence-electron chi connectivity index (χ0n) is 28.0. The van der Waals surface area contributed by atoms with Crippen molar-refractivity contribution in [1.82, 2.24) is 20.4 Å². The topological polar surface area (TPSA) is 120 Å². The van der Waals surface area contributed by atoms with Crippen molar-refractivity contribution in [3.63, 3.8) is 0 Å². The number of amides is 4. The fourth-order valence-electron chi connectivity index (χ4n) is 6.39. The first-order valence-corrected chi connectivity index (χ1v) is 16.6. The number of nitrogens with one attached hydrogen (secondary N) is 3. The highest BCUT2D eigenvalue weighted by molar-refractivity contribution is 5.98. The zero-order chi connectivity index (χ0) is 35.0. The zero-order valence-corrected chi connectivity index (χ0v) is 28.0. The van der Waals surface area contributed by atoms with E-state index in [1.54, 1.807) is 18.7 Å². The largest absolute Gasteiger partial charge is 0.497 e. The summed E-state index contributed by atoms with van der Waals surface area (Å²) in [7, 11) is 3.28. The maximum atomic E-state index is 15.7. The summed E-state index contributed by atoms with van der Waals surface area (Å²) in [6.45, 7) is 5.72. The van der Waals surface area contributed by atoms with Crippen LogP contribution in [0.15, 0.2) is 42.5 Å². The molecule has 10 nitrogen and oxygen atoms in total. The van der Waals surface area contributed by atoms with Gasteiger partial charge in [-0.15, -0.1) is 0 Å². The molecule has 0 bridgehead atoms. The van der Waals surface area contributed by atoms with Crippen LogP contribution < -0.4 is 20.7 Å². The molecule has 1 saturated heterocycles. The number of anilines is 1. The highest BCUT2D eigenvalue weighted by Crippen LogP contribution is 2.33. The van der Waals surface area contributed by atoms with Crippen molar-refractivity contribution in [3.8, 4) is 5.75 Å². The summed E-state index contributed by atoms with van der Waals surface area (Å²) in [5.41, 5.74) is -0.503. The van der Waals surface area contributed by atoms with Gasteiger partial charge in [0.15, 0.2) is 0 Å². The van der Waals surface area contributed by atoms with Gasteiger partial charge in [-0.1, -0.05) is 44.4 Å². The number of carbonyl (C=O) groups excluding carboxylic acids is 4. The lowest BCUT2D eigenvalue weighted by Crippen LogP contribution is -2.53. The Balaban J connectivity index is 1.57. The second kappa shape index (κ2) is 16.3. The molecule has 2 aliphatic rings. The molecule has 1 saturated carbocycles. The van der Waals surface area contributed by atoms with E-state index >= 15 is 13.2 Å². The molecular formula is C35H46F3N5O5. The van der Waals surface area contributed by atoms with E-state index in [0.717, 1.165) is 37.5 Å². The van der Waals surface area contributed by atoms with Gasteiger partial charge in [0.1, 0.15) is 17.6 Å². The maximum Gasteiger partial charge on any atom is 0.349 e. The maximum absolute atomic E-state index is 15.7. The predicted octanol–water partition coefficient (Wildman–Crippen LogP) is 4.40. The molecule has 1 aliphatic heterocycles. The van der Waals surface area contributed by atoms with Crippen molar-refractivity contribution in [3.05, 3.63) is 59.4 Å². The number of piperazine rings is 1. The molecule has 4 amide bonds. The van der Waals surface area contributed by atoms with Crippen molar-refractivity contribution < 1.29 is 37.1 Å². The van der Waals surface area contributed by atoms with Gasteiger partial charge < -0.3 is 30.5 Å². The van der Waals surface area contributed by atoms with Gasteiger partial charge in [-0.05, 0) is 62.6 Å². The predicted molar refractivity (Wildman–Crippen MR) is 175 cm³/mol. The SMILES string of the molecule is CCC(=O)N[C@H](C)[C@@H](C(=O)N1CCN(C)CC1)c1ccc(NC(=O)[C@@H](NC(=O)C(F)(F)c2cccc(OC)c2)C2CCCCC2)c(F)c1. The smallest absolute Gasteiger partial charge is 0.349 e. The average molecular weight is 674 g/mol. The van der Waals surface area contributed by atoms with Gasteiger partial charge in [-0.2, -0.15) is 8.78 Å². The molecule has 1 heterocycles. The number of alkyl halides is 2. The Morgan fingerprint density at radius 2 is 1.67 bits per heavy atom. The lowest BCUT2D eigenvalue weighted by atomic mass is 9.83. The minimum Gasteiger partial charge on any atom is -0.497 e. The molecule has 48 heavy (non-hydrogen) atoms. The van der Waals surface area contributed by atoms with Crippen LogP contribution in [0.3, 0.4) is 0 Å². The van der Waals surface area contributed by atoms with Gasteiger partial charge in [0.05, 0.1) is 18.7 Å². The number of benzene rings is 2. The van der Waals surface area contributed by atoms with Crippen molar-refractivity contribution >= 4 is 29.3 Å². The summed E-state index contributed by atoms with van der Waals surface area (Å²) in [6.07, 6.45) is 3.71. The fourth-order valence-corrected chi connectivity index (χ4v) is 6.39. The second-order valence-electron chi connectivity index (χ2n) is 12.7. The quantitative estimate of drug-likeness (QED) is 0.308. The van der Waals surface area contributed by atoms with E-state index < -0.39 is 53.0 Å². The number of likely N-dealkylation sites (N-methyl/N-ethyl adjacent to an activating group) is 1. The molecule has 3 atom stereocenters. The summed E-state index contributed by atoms with van der Waals surface area (Å²) < 4.78 is 51.4. The number of halogens is 3. The molecule has 2 aromatic rings. The first-order chi connectivity index (χ1) is 22.8. The van der Waals surface area contributed by atoms with Crippen LogP contribution in [0.1, 0.15) is 69.4 Å². The minimum atomic E-state index is -3.97. The van der Waals surface area contributed by atoms with Crippen LogP contribution in [0.4, 0.5) is 18.9 Å². The third kappa shape index (κ3) is 8.86. The number of nitrogens with zero attached hydrogens (tertiary/aromatic N) is 2. The standard InChI is InChI=1S/C35H46F3N5O5/c1-5-29(44)39-22(2)30(33(46)43-18-16-42(3)17-19-43)24-14-15-28(27(36)20-24)40-32(45)31(23-10-7-6-8-11-23)41-34(47)35(37,38)25-12-9-13-26(21-25)48-4/h9,12-15,20-23,30-31H,5-8,10-11,16-19H2,1-4H3,(H,39,44)(H,40,45)(H,41,47)/t22-,30-,31+/m1/s1. The van der Waals surface area contributed by atoms with E-state index in [-0.39, 0.29) is 29.7 Å². The average Bonchev–Trinajstić information content (AvgIpc) is 3.08. The van der Waals surface area contributed by atoms with E-state index in [9.17, 15) is 19.2 Å². The Labute approximate surface area is 279 Å².